The minimum atomic E-state index is -0.158. The van der Waals surface area contributed by atoms with Gasteiger partial charge in [0.2, 0.25) is 11.8 Å². The summed E-state index contributed by atoms with van der Waals surface area (Å²) in [5.74, 6) is 0.792. The van der Waals surface area contributed by atoms with Crippen LogP contribution in [0.3, 0.4) is 0 Å². The summed E-state index contributed by atoms with van der Waals surface area (Å²) in [4.78, 5) is 30.6. The zero-order valence-corrected chi connectivity index (χ0v) is 14.6. The van der Waals surface area contributed by atoms with E-state index in [1.54, 1.807) is 24.5 Å². The first-order valence-electron chi connectivity index (χ1n) is 8.76. The average molecular weight is 347 g/mol. The fraction of sp³-hybridized carbons (Fsp3) is 0.556. The molecule has 1 aromatic rings. The highest BCUT2D eigenvalue weighted by molar-refractivity contribution is 5.91. The summed E-state index contributed by atoms with van der Waals surface area (Å²) in [6, 6.07) is 3.44. The lowest BCUT2D eigenvalue weighted by molar-refractivity contribution is -0.141. The molecule has 0 saturated carbocycles. The molecule has 3 rings (SSSR count). The van der Waals surface area contributed by atoms with Crippen LogP contribution < -0.4 is 0 Å². The average Bonchev–Trinajstić information content (AvgIpc) is 3.19. The summed E-state index contributed by atoms with van der Waals surface area (Å²) < 4.78 is 10.5. The Morgan fingerprint density at radius 1 is 1.08 bits per heavy atom. The van der Waals surface area contributed by atoms with Gasteiger partial charge in [-0.1, -0.05) is 0 Å². The van der Waals surface area contributed by atoms with E-state index in [-0.39, 0.29) is 17.9 Å². The van der Waals surface area contributed by atoms with Gasteiger partial charge in [0.05, 0.1) is 25.5 Å². The lowest BCUT2D eigenvalue weighted by Gasteiger charge is -2.39. The normalized spacial score (nSPS) is 20.8. The topological polar surface area (TPSA) is 66.2 Å². The van der Waals surface area contributed by atoms with Crippen molar-refractivity contribution in [2.45, 2.75) is 13.0 Å². The summed E-state index contributed by atoms with van der Waals surface area (Å²) in [5.41, 5.74) is 0. The number of piperazine rings is 1. The monoisotopic (exact) mass is 347 g/mol. The molecule has 3 heterocycles. The largest absolute Gasteiger partial charge is 0.465 e. The van der Waals surface area contributed by atoms with E-state index in [2.05, 4.69) is 4.90 Å². The SMILES string of the molecule is CC(C(=O)N1CCOCC1)N1CCN(C(=O)C=Cc2ccco2)CC1. The minimum absolute atomic E-state index is 0.0248. The maximum absolute atomic E-state index is 12.6. The van der Waals surface area contributed by atoms with Crippen molar-refractivity contribution < 1.29 is 18.7 Å². The molecular weight excluding hydrogens is 322 g/mol. The van der Waals surface area contributed by atoms with E-state index in [1.165, 1.54) is 6.08 Å². The van der Waals surface area contributed by atoms with Gasteiger partial charge in [0.25, 0.3) is 0 Å². The first-order valence-corrected chi connectivity index (χ1v) is 8.76. The number of hydrogen-bond acceptors (Lipinski definition) is 5. The zero-order valence-electron chi connectivity index (χ0n) is 14.6. The molecule has 0 aromatic carbocycles. The van der Waals surface area contributed by atoms with Gasteiger partial charge in [0.15, 0.2) is 0 Å². The Morgan fingerprint density at radius 2 is 1.80 bits per heavy atom. The van der Waals surface area contributed by atoms with E-state index in [1.807, 2.05) is 16.7 Å². The molecule has 0 spiro atoms. The molecule has 25 heavy (non-hydrogen) atoms. The van der Waals surface area contributed by atoms with E-state index in [9.17, 15) is 9.59 Å². The lowest BCUT2D eigenvalue weighted by atomic mass is 10.2. The molecule has 0 bridgehead atoms. The van der Waals surface area contributed by atoms with Crippen LogP contribution in [-0.4, -0.2) is 85.0 Å². The number of hydrogen-bond donors (Lipinski definition) is 0. The summed E-state index contributed by atoms with van der Waals surface area (Å²) in [5, 5.41) is 0. The van der Waals surface area contributed by atoms with Crippen LogP contribution in [-0.2, 0) is 14.3 Å². The van der Waals surface area contributed by atoms with E-state index in [4.69, 9.17) is 9.15 Å². The van der Waals surface area contributed by atoms with Crippen LogP contribution in [0.5, 0.6) is 0 Å². The highest BCUT2D eigenvalue weighted by Gasteiger charge is 2.30. The second-order valence-corrected chi connectivity index (χ2v) is 6.32. The summed E-state index contributed by atoms with van der Waals surface area (Å²) in [6.45, 7) is 7.18. The molecule has 2 aliphatic heterocycles. The molecule has 1 unspecified atom stereocenters. The highest BCUT2D eigenvalue weighted by Crippen LogP contribution is 2.11. The van der Waals surface area contributed by atoms with Crippen molar-refractivity contribution >= 4 is 17.9 Å². The molecule has 2 aliphatic rings. The van der Waals surface area contributed by atoms with Crippen molar-refractivity contribution in [2.24, 2.45) is 0 Å². The van der Waals surface area contributed by atoms with Crippen LogP contribution in [0.25, 0.3) is 6.08 Å². The Hall–Kier alpha value is -2.12. The molecule has 2 saturated heterocycles. The third kappa shape index (κ3) is 4.49. The summed E-state index contributed by atoms with van der Waals surface area (Å²) >= 11 is 0. The molecule has 7 nitrogen and oxygen atoms in total. The van der Waals surface area contributed by atoms with Crippen LogP contribution in [0.4, 0.5) is 0 Å². The molecule has 1 aromatic heterocycles. The van der Waals surface area contributed by atoms with Crippen molar-refractivity contribution in [1.82, 2.24) is 14.7 Å². The highest BCUT2D eigenvalue weighted by atomic mass is 16.5. The van der Waals surface area contributed by atoms with Crippen molar-refractivity contribution in [3.8, 4) is 0 Å². The van der Waals surface area contributed by atoms with Crippen molar-refractivity contribution in [2.75, 3.05) is 52.5 Å². The van der Waals surface area contributed by atoms with Crippen LogP contribution in [0.2, 0.25) is 0 Å². The van der Waals surface area contributed by atoms with E-state index >= 15 is 0 Å². The molecule has 2 fully saturated rings. The van der Waals surface area contributed by atoms with Gasteiger partial charge in [-0.25, -0.2) is 0 Å². The lowest BCUT2D eigenvalue weighted by Crippen LogP contribution is -2.56. The van der Waals surface area contributed by atoms with Crippen molar-refractivity contribution in [1.29, 1.82) is 0 Å². The molecule has 0 N–H and O–H groups in total. The second kappa shape index (κ2) is 8.31. The Bertz CT molecular complexity index is 600. The van der Waals surface area contributed by atoms with Crippen LogP contribution in [0.1, 0.15) is 12.7 Å². The van der Waals surface area contributed by atoms with Gasteiger partial charge in [0.1, 0.15) is 5.76 Å². The second-order valence-electron chi connectivity index (χ2n) is 6.32. The number of amides is 2. The molecule has 1 atom stereocenters. The van der Waals surface area contributed by atoms with Crippen molar-refractivity contribution in [3.05, 3.63) is 30.2 Å². The first-order chi connectivity index (χ1) is 12.1. The quantitative estimate of drug-likeness (QED) is 0.750. The fourth-order valence-corrected chi connectivity index (χ4v) is 3.18. The number of morpholine rings is 1. The van der Waals surface area contributed by atoms with Gasteiger partial charge in [0, 0.05) is 45.3 Å². The molecule has 7 heteroatoms. The Morgan fingerprint density at radius 3 is 2.44 bits per heavy atom. The first kappa shape index (κ1) is 17.7. The maximum Gasteiger partial charge on any atom is 0.246 e. The van der Waals surface area contributed by atoms with Gasteiger partial charge < -0.3 is 19.0 Å². The number of carbonyl (C=O) groups is 2. The minimum Gasteiger partial charge on any atom is -0.465 e. The molecular formula is C18H25N3O4. The Kier molecular flexibility index (Phi) is 5.88. The van der Waals surface area contributed by atoms with E-state index < -0.39 is 0 Å². The van der Waals surface area contributed by atoms with Gasteiger partial charge in [-0.3, -0.25) is 14.5 Å². The van der Waals surface area contributed by atoms with Crippen LogP contribution in [0.15, 0.2) is 28.9 Å². The fourth-order valence-electron chi connectivity index (χ4n) is 3.18. The van der Waals surface area contributed by atoms with Gasteiger partial charge in [-0.2, -0.15) is 0 Å². The van der Waals surface area contributed by atoms with Crippen molar-refractivity contribution in [3.63, 3.8) is 0 Å². The smallest absolute Gasteiger partial charge is 0.246 e. The molecule has 2 amide bonds. The molecule has 0 aliphatic carbocycles. The Balaban J connectivity index is 1.47. The predicted molar refractivity (Wildman–Crippen MR) is 92.8 cm³/mol. The van der Waals surface area contributed by atoms with Gasteiger partial charge in [-0.15, -0.1) is 0 Å². The Labute approximate surface area is 147 Å². The maximum atomic E-state index is 12.6. The number of furan rings is 1. The number of nitrogens with zero attached hydrogens (tertiary/aromatic N) is 3. The van der Waals surface area contributed by atoms with Gasteiger partial charge >= 0.3 is 0 Å². The third-order valence-corrected chi connectivity index (χ3v) is 4.79. The standard InChI is InChI=1S/C18H25N3O4/c1-15(18(23)21-10-13-24-14-11-21)19-6-8-20(9-7-19)17(22)5-4-16-3-2-12-25-16/h2-5,12,15H,6-11,13-14H2,1H3. The van der Waals surface area contributed by atoms with Crippen LogP contribution in [0, 0.1) is 0 Å². The molecule has 0 radical (unpaired) electrons. The summed E-state index contributed by atoms with van der Waals surface area (Å²) in [7, 11) is 0. The van der Waals surface area contributed by atoms with Crippen LogP contribution >= 0.6 is 0 Å². The summed E-state index contributed by atoms with van der Waals surface area (Å²) in [6.07, 6.45) is 4.80. The predicted octanol–water partition coefficient (Wildman–Crippen LogP) is 0.684. The van der Waals surface area contributed by atoms with E-state index in [0.717, 1.165) is 0 Å². The number of ether oxygens (including phenoxy) is 1. The zero-order chi connectivity index (χ0) is 17.6. The number of rotatable bonds is 4. The molecule has 136 valence electrons. The van der Waals surface area contributed by atoms with Gasteiger partial charge in [-0.05, 0) is 25.1 Å². The number of carbonyl (C=O) groups excluding carboxylic acids is 2. The van der Waals surface area contributed by atoms with E-state index in [0.29, 0.717) is 58.2 Å². The third-order valence-electron chi connectivity index (χ3n) is 4.79.